The van der Waals surface area contributed by atoms with E-state index < -0.39 is 0 Å². The number of likely N-dealkylation sites (N-methyl/N-ethyl adjacent to an activating group) is 2. The Bertz CT molecular complexity index is 1850. The van der Waals surface area contributed by atoms with Crippen LogP contribution in [0.2, 0.25) is 0 Å². The van der Waals surface area contributed by atoms with Gasteiger partial charge in [0.25, 0.3) is 0 Å². The molecule has 1 aliphatic rings. The molecule has 1 N–H and O–H groups in total. The lowest BCUT2D eigenvalue weighted by Gasteiger charge is -2.21. The molecule has 0 fully saturated rings. The van der Waals surface area contributed by atoms with Gasteiger partial charge in [-0.1, -0.05) is 97.1 Å². The van der Waals surface area contributed by atoms with Crippen molar-refractivity contribution in [2.75, 3.05) is 28.2 Å². The van der Waals surface area contributed by atoms with Crippen LogP contribution in [0.1, 0.15) is 16.8 Å². The van der Waals surface area contributed by atoms with Crippen molar-refractivity contribution in [2.24, 2.45) is 4.99 Å². The highest BCUT2D eigenvalue weighted by Gasteiger charge is 2.18. The van der Waals surface area contributed by atoms with E-state index in [4.69, 9.17) is 0 Å². The predicted octanol–water partition coefficient (Wildman–Crippen LogP) is 5.72. The fourth-order valence-corrected chi connectivity index (χ4v) is 4.54. The predicted molar refractivity (Wildman–Crippen MR) is 176 cm³/mol. The SMILES string of the molecule is CN(C)C(=O)/C=C1\NC(c2ccccc2)=Nc2ccccc21.CN(C)C(=O)Cc1nc(-c2ccccc2)nc2ccccc12. The van der Waals surface area contributed by atoms with Gasteiger partial charge in [-0.3, -0.25) is 9.59 Å². The summed E-state index contributed by atoms with van der Waals surface area (Å²) >= 11 is 0. The van der Waals surface area contributed by atoms with Crippen LogP contribution in [0.5, 0.6) is 0 Å². The lowest BCUT2D eigenvalue weighted by atomic mass is 10.1. The number of aromatic nitrogens is 2. The molecule has 0 saturated carbocycles. The number of fused-ring (bicyclic) bond motifs is 2. The Morgan fingerprint density at radius 3 is 2.00 bits per heavy atom. The minimum Gasteiger partial charge on any atom is -0.348 e. The monoisotopic (exact) mass is 582 g/mol. The lowest BCUT2D eigenvalue weighted by Crippen LogP contribution is -2.28. The number of nitrogens with one attached hydrogen (secondary N) is 1. The largest absolute Gasteiger partial charge is 0.348 e. The second-order valence-corrected chi connectivity index (χ2v) is 10.6. The van der Waals surface area contributed by atoms with Crippen molar-refractivity contribution in [3.8, 4) is 11.4 Å². The van der Waals surface area contributed by atoms with E-state index in [1.54, 1.807) is 44.1 Å². The molecule has 0 spiro atoms. The Morgan fingerprint density at radius 2 is 1.32 bits per heavy atom. The molecular formula is C36H34N6O2. The quantitative estimate of drug-likeness (QED) is 0.268. The van der Waals surface area contributed by atoms with Crippen LogP contribution >= 0.6 is 0 Å². The molecule has 6 rings (SSSR count). The van der Waals surface area contributed by atoms with E-state index in [1.807, 2.05) is 109 Å². The van der Waals surface area contributed by atoms with Crippen molar-refractivity contribution in [1.82, 2.24) is 25.1 Å². The third-order valence-electron chi connectivity index (χ3n) is 6.97. The van der Waals surface area contributed by atoms with E-state index in [0.717, 1.165) is 50.5 Å². The van der Waals surface area contributed by atoms with E-state index in [9.17, 15) is 9.59 Å². The van der Waals surface area contributed by atoms with Crippen LogP contribution in [-0.4, -0.2) is 65.6 Å². The topological polar surface area (TPSA) is 90.8 Å². The highest BCUT2D eigenvalue weighted by Crippen LogP contribution is 2.29. The third kappa shape index (κ3) is 7.04. The van der Waals surface area contributed by atoms with Crippen molar-refractivity contribution in [2.45, 2.75) is 6.42 Å². The maximum atomic E-state index is 12.1. The van der Waals surface area contributed by atoms with E-state index in [2.05, 4.69) is 20.3 Å². The molecule has 2 heterocycles. The summed E-state index contributed by atoms with van der Waals surface area (Å²) in [7, 11) is 6.98. The molecule has 220 valence electrons. The molecule has 0 aliphatic carbocycles. The standard InChI is InChI=1S/2C18H17N3O/c2*1-21(2)17(22)12-16-14-10-6-7-11-15(14)19-18(20-16)13-8-4-3-5-9-13/h3-11H,12H2,1-2H3;3-12H,1-2H3,(H,19,20)/b;16-12-. The van der Waals surface area contributed by atoms with Crippen molar-refractivity contribution in [3.63, 3.8) is 0 Å². The van der Waals surface area contributed by atoms with Crippen molar-refractivity contribution in [3.05, 3.63) is 132 Å². The van der Waals surface area contributed by atoms with Gasteiger partial charge in [0.1, 0.15) is 5.84 Å². The molecule has 8 heteroatoms. The van der Waals surface area contributed by atoms with Gasteiger partial charge in [0.2, 0.25) is 11.8 Å². The Labute approximate surface area is 257 Å². The van der Waals surface area contributed by atoms with Crippen LogP contribution in [0, 0.1) is 0 Å². The first kappa shape index (κ1) is 29.8. The fraction of sp³-hybridized carbons (Fsp3) is 0.139. The van der Waals surface area contributed by atoms with Crippen LogP contribution in [0.25, 0.3) is 28.0 Å². The number of amides is 2. The zero-order valence-electron chi connectivity index (χ0n) is 25.2. The zero-order valence-corrected chi connectivity index (χ0v) is 25.2. The van der Waals surface area contributed by atoms with Crippen LogP contribution in [0.3, 0.4) is 0 Å². The lowest BCUT2D eigenvalue weighted by molar-refractivity contribution is -0.128. The number of hydrogen-bond acceptors (Lipinski definition) is 6. The van der Waals surface area contributed by atoms with Gasteiger partial charge in [-0.25, -0.2) is 15.0 Å². The molecule has 1 aromatic heterocycles. The number of hydrogen-bond donors (Lipinski definition) is 1. The van der Waals surface area contributed by atoms with Gasteiger partial charge in [-0.05, 0) is 12.1 Å². The summed E-state index contributed by atoms with van der Waals surface area (Å²) in [6.07, 6.45) is 1.88. The van der Waals surface area contributed by atoms with Gasteiger partial charge in [0.15, 0.2) is 5.82 Å². The average Bonchev–Trinajstić information content (AvgIpc) is 3.05. The molecular weight excluding hydrogens is 548 g/mol. The second kappa shape index (κ2) is 13.6. The number of amidine groups is 1. The molecule has 1 aliphatic heterocycles. The van der Waals surface area contributed by atoms with E-state index >= 15 is 0 Å². The molecule has 2 amide bonds. The number of para-hydroxylation sites is 2. The Morgan fingerprint density at radius 1 is 0.705 bits per heavy atom. The third-order valence-corrected chi connectivity index (χ3v) is 6.97. The van der Waals surface area contributed by atoms with Crippen LogP contribution < -0.4 is 5.32 Å². The summed E-state index contributed by atoms with van der Waals surface area (Å²) in [6.45, 7) is 0. The summed E-state index contributed by atoms with van der Waals surface area (Å²) in [4.78, 5) is 41.1. The Kier molecular flexibility index (Phi) is 9.20. The van der Waals surface area contributed by atoms with Gasteiger partial charge in [-0.2, -0.15) is 0 Å². The Balaban J connectivity index is 0.000000175. The number of benzene rings is 4. The summed E-state index contributed by atoms with van der Waals surface area (Å²) in [6, 6.07) is 35.3. The average molecular weight is 583 g/mol. The van der Waals surface area contributed by atoms with E-state index in [1.165, 1.54) is 0 Å². The molecule has 5 aromatic rings. The molecule has 0 radical (unpaired) electrons. The second-order valence-electron chi connectivity index (χ2n) is 10.6. The maximum Gasteiger partial charge on any atom is 0.248 e. The maximum absolute atomic E-state index is 12.1. The molecule has 4 aromatic carbocycles. The smallest absolute Gasteiger partial charge is 0.248 e. The van der Waals surface area contributed by atoms with Gasteiger partial charge < -0.3 is 15.1 Å². The molecule has 0 atom stereocenters. The first-order chi connectivity index (χ1) is 21.3. The van der Waals surface area contributed by atoms with Crippen molar-refractivity contribution < 1.29 is 9.59 Å². The minimum absolute atomic E-state index is 0.0304. The summed E-state index contributed by atoms with van der Waals surface area (Å²) in [5, 5.41) is 4.20. The first-order valence-electron chi connectivity index (χ1n) is 14.2. The minimum atomic E-state index is -0.0633. The molecule has 0 unspecified atom stereocenters. The normalized spacial score (nSPS) is 12.7. The number of carbonyl (C=O) groups excluding carboxylic acids is 2. The van der Waals surface area contributed by atoms with E-state index in [0.29, 0.717) is 5.82 Å². The highest BCUT2D eigenvalue weighted by atomic mass is 16.2. The number of aliphatic imine (C=N–C) groups is 1. The van der Waals surface area contributed by atoms with Gasteiger partial charge in [-0.15, -0.1) is 0 Å². The van der Waals surface area contributed by atoms with Crippen LogP contribution in [0.4, 0.5) is 5.69 Å². The number of carbonyl (C=O) groups is 2. The Hall–Kier alpha value is -5.63. The number of nitrogens with zero attached hydrogens (tertiary/aromatic N) is 5. The molecule has 0 bridgehead atoms. The fourth-order valence-electron chi connectivity index (χ4n) is 4.54. The van der Waals surface area contributed by atoms with E-state index in [-0.39, 0.29) is 18.2 Å². The molecule has 44 heavy (non-hydrogen) atoms. The van der Waals surface area contributed by atoms with Crippen molar-refractivity contribution in [1.29, 1.82) is 0 Å². The van der Waals surface area contributed by atoms with Gasteiger partial charge >= 0.3 is 0 Å². The summed E-state index contributed by atoms with van der Waals surface area (Å²) in [5.41, 5.74) is 6.12. The molecule has 8 nitrogen and oxygen atoms in total. The van der Waals surface area contributed by atoms with Gasteiger partial charge in [0.05, 0.1) is 29.0 Å². The zero-order chi connectivity index (χ0) is 31.1. The summed E-state index contributed by atoms with van der Waals surface area (Å²) < 4.78 is 0. The highest BCUT2D eigenvalue weighted by molar-refractivity contribution is 6.10. The summed E-state index contributed by atoms with van der Waals surface area (Å²) in [5.74, 6) is 1.37. The first-order valence-corrected chi connectivity index (χ1v) is 14.2. The van der Waals surface area contributed by atoms with Gasteiger partial charge in [0, 0.05) is 56.3 Å². The van der Waals surface area contributed by atoms with Crippen LogP contribution in [0.15, 0.2) is 120 Å². The number of rotatable bonds is 5. The van der Waals surface area contributed by atoms with Crippen molar-refractivity contribution >= 4 is 39.9 Å². The molecule has 0 saturated heterocycles. The van der Waals surface area contributed by atoms with Crippen LogP contribution in [-0.2, 0) is 16.0 Å².